The minimum absolute atomic E-state index is 0.0492. The maximum Gasteiger partial charge on any atom is 0.138 e. The molecule has 1 fully saturated rings. The molecular formula is C12H21NO. The number of hydrogen-bond acceptors (Lipinski definition) is 2. The zero-order valence-corrected chi connectivity index (χ0v) is 9.14. The van der Waals surface area contributed by atoms with Crippen molar-refractivity contribution in [1.29, 1.82) is 0 Å². The number of rotatable bonds is 5. The van der Waals surface area contributed by atoms with Gasteiger partial charge in [0.1, 0.15) is 5.78 Å². The van der Waals surface area contributed by atoms with Gasteiger partial charge in [0.15, 0.2) is 0 Å². The average molecular weight is 195 g/mol. The van der Waals surface area contributed by atoms with Crippen LogP contribution in [0.5, 0.6) is 0 Å². The molecule has 0 bridgehead atoms. The molecule has 0 atom stereocenters. The quantitative estimate of drug-likeness (QED) is 0.539. The summed E-state index contributed by atoms with van der Waals surface area (Å²) < 4.78 is 0. The Balaban J connectivity index is 2.36. The van der Waals surface area contributed by atoms with E-state index < -0.39 is 0 Å². The minimum atomic E-state index is -0.0492. The highest BCUT2D eigenvalue weighted by molar-refractivity contribution is 5.84. The SMILES string of the molecule is C=CCCCC(=O)C1(C)CCNCC1. The first-order valence-electron chi connectivity index (χ1n) is 5.54. The fraction of sp³-hybridized carbons (Fsp3) is 0.750. The molecule has 14 heavy (non-hydrogen) atoms. The van der Waals surface area contributed by atoms with Gasteiger partial charge in [0, 0.05) is 11.8 Å². The van der Waals surface area contributed by atoms with Gasteiger partial charge in [-0.15, -0.1) is 6.58 Å². The van der Waals surface area contributed by atoms with E-state index in [2.05, 4.69) is 18.8 Å². The summed E-state index contributed by atoms with van der Waals surface area (Å²) in [6.07, 6.45) is 6.53. The first-order chi connectivity index (χ1) is 6.69. The Bertz CT molecular complexity index is 204. The third-order valence-corrected chi connectivity index (χ3v) is 3.19. The fourth-order valence-electron chi connectivity index (χ4n) is 1.97. The van der Waals surface area contributed by atoms with E-state index >= 15 is 0 Å². The van der Waals surface area contributed by atoms with Crippen LogP contribution in [0.3, 0.4) is 0 Å². The molecule has 2 heteroatoms. The van der Waals surface area contributed by atoms with Crippen molar-refractivity contribution >= 4 is 5.78 Å². The van der Waals surface area contributed by atoms with Gasteiger partial charge in [-0.1, -0.05) is 13.0 Å². The van der Waals surface area contributed by atoms with Gasteiger partial charge in [0.25, 0.3) is 0 Å². The van der Waals surface area contributed by atoms with Crippen molar-refractivity contribution in [3.8, 4) is 0 Å². The highest BCUT2D eigenvalue weighted by atomic mass is 16.1. The van der Waals surface area contributed by atoms with Crippen LogP contribution in [0.4, 0.5) is 0 Å². The molecule has 1 aliphatic heterocycles. The summed E-state index contributed by atoms with van der Waals surface area (Å²) >= 11 is 0. The highest BCUT2D eigenvalue weighted by Crippen LogP contribution is 2.30. The molecule has 1 saturated heterocycles. The average Bonchev–Trinajstić information content (AvgIpc) is 2.19. The lowest BCUT2D eigenvalue weighted by atomic mass is 9.76. The Morgan fingerprint density at radius 1 is 1.50 bits per heavy atom. The number of carbonyl (C=O) groups is 1. The lowest BCUT2D eigenvalue weighted by molar-refractivity contribution is -0.129. The van der Waals surface area contributed by atoms with Crippen LogP contribution in [0.1, 0.15) is 39.0 Å². The largest absolute Gasteiger partial charge is 0.317 e. The summed E-state index contributed by atoms with van der Waals surface area (Å²) in [5.41, 5.74) is -0.0492. The molecule has 0 saturated carbocycles. The zero-order valence-electron chi connectivity index (χ0n) is 9.14. The Hall–Kier alpha value is -0.630. The summed E-state index contributed by atoms with van der Waals surface area (Å²) in [5.74, 6) is 0.445. The van der Waals surface area contributed by atoms with Gasteiger partial charge < -0.3 is 5.32 Å². The van der Waals surface area contributed by atoms with Crippen molar-refractivity contribution in [1.82, 2.24) is 5.32 Å². The molecule has 0 radical (unpaired) electrons. The molecule has 2 nitrogen and oxygen atoms in total. The predicted octanol–water partition coefficient (Wildman–Crippen LogP) is 2.30. The maximum atomic E-state index is 11.9. The summed E-state index contributed by atoms with van der Waals surface area (Å²) in [4.78, 5) is 11.9. The van der Waals surface area contributed by atoms with Gasteiger partial charge in [-0.2, -0.15) is 0 Å². The number of allylic oxidation sites excluding steroid dienone is 1. The van der Waals surface area contributed by atoms with Gasteiger partial charge >= 0.3 is 0 Å². The van der Waals surface area contributed by atoms with Gasteiger partial charge in [0.2, 0.25) is 0 Å². The minimum Gasteiger partial charge on any atom is -0.317 e. The number of hydrogen-bond donors (Lipinski definition) is 1. The van der Waals surface area contributed by atoms with Gasteiger partial charge in [-0.3, -0.25) is 4.79 Å². The lowest BCUT2D eigenvalue weighted by Crippen LogP contribution is -2.39. The van der Waals surface area contributed by atoms with Crippen LogP contribution < -0.4 is 5.32 Å². The lowest BCUT2D eigenvalue weighted by Gasteiger charge is -2.32. The van der Waals surface area contributed by atoms with Gasteiger partial charge in [-0.05, 0) is 38.8 Å². The second-order valence-electron chi connectivity index (χ2n) is 4.41. The third kappa shape index (κ3) is 2.95. The molecule has 1 heterocycles. The van der Waals surface area contributed by atoms with E-state index in [1.54, 1.807) is 0 Å². The van der Waals surface area contributed by atoms with Crippen LogP contribution in [-0.2, 0) is 4.79 Å². The standard InChI is InChI=1S/C12H21NO/c1-3-4-5-6-11(14)12(2)7-9-13-10-8-12/h3,13H,1,4-10H2,2H3. The van der Waals surface area contributed by atoms with Crippen LogP contribution in [-0.4, -0.2) is 18.9 Å². The molecule has 0 aromatic carbocycles. The van der Waals surface area contributed by atoms with Crippen molar-refractivity contribution in [2.45, 2.75) is 39.0 Å². The number of piperidine rings is 1. The first kappa shape index (κ1) is 11.4. The summed E-state index contributed by atoms with van der Waals surface area (Å²) in [6, 6.07) is 0. The van der Waals surface area contributed by atoms with Crippen molar-refractivity contribution < 1.29 is 4.79 Å². The number of nitrogens with one attached hydrogen (secondary N) is 1. The van der Waals surface area contributed by atoms with E-state index in [1.165, 1.54) is 0 Å². The highest BCUT2D eigenvalue weighted by Gasteiger charge is 2.33. The molecule has 80 valence electrons. The smallest absolute Gasteiger partial charge is 0.138 e. The normalized spacial score (nSPS) is 20.4. The van der Waals surface area contributed by atoms with Crippen molar-refractivity contribution in [2.75, 3.05) is 13.1 Å². The molecule has 1 rings (SSSR count). The molecular weight excluding hydrogens is 174 g/mol. The maximum absolute atomic E-state index is 11.9. The number of unbranched alkanes of at least 4 members (excludes halogenated alkanes) is 1. The van der Waals surface area contributed by atoms with E-state index in [-0.39, 0.29) is 5.41 Å². The zero-order chi connectivity index (χ0) is 10.4. The van der Waals surface area contributed by atoms with E-state index in [1.807, 2.05) is 6.08 Å². The fourth-order valence-corrected chi connectivity index (χ4v) is 1.97. The summed E-state index contributed by atoms with van der Waals surface area (Å²) in [6.45, 7) is 7.76. The second kappa shape index (κ2) is 5.30. The Morgan fingerprint density at radius 3 is 2.71 bits per heavy atom. The third-order valence-electron chi connectivity index (χ3n) is 3.19. The van der Waals surface area contributed by atoms with E-state index in [4.69, 9.17) is 0 Å². The van der Waals surface area contributed by atoms with Crippen molar-refractivity contribution in [2.24, 2.45) is 5.41 Å². The van der Waals surface area contributed by atoms with Crippen LogP contribution in [0.2, 0.25) is 0 Å². The van der Waals surface area contributed by atoms with Crippen molar-refractivity contribution in [3.63, 3.8) is 0 Å². The van der Waals surface area contributed by atoms with Crippen LogP contribution in [0.15, 0.2) is 12.7 Å². The molecule has 0 amide bonds. The molecule has 0 aromatic rings. The van der Waals surface area contributed by atoms with E-state index in [0.717, 1.165) is 45.2 Å². The van der Waals surface area contributed by atoms with Crippen LogP contribution in [0.25, 0.3) is 0 Å². The molecule has 0 aliphatic carbocycles. The molecule has 0 spiro atoms. The summed E-state index contributed by atoms with van der Waals surface area (Å²) in [7, 11) is 0. The molecule has 0 unspecified atom stereocenters. The van der Waals surface area contributed by atoms with Crippen LogP contribution >= 0.6 is 0 Å². The number of Topliss-reactive ketones (excluding diaryl/α,β-unsaturated/α-hetero) is 1. The first-order valence-corrected chi connectivity index (χ1v) is 5.54. The Kier molecular flexibility index (Phi) is 4.33. The van der Waals surface area contributed by atoms with Crippen LogP contribution in [0, 0.1) is 5.41 Å². The van der Waals surface area contributed by atoms with E-state index in [9.17, 15) is 4.79 Å². The molecule has 0 aromatic heterocycles. The monoisotopic (exact) mass is 195 g/mol. The van der Waals surface area contributed by atoms with Gasteiger partial charge in [-0.25, -0.2) is 0 Å². The number of ketones is 1. The topological polar surface area (TPSA) is 29.1 Å². The Labute approximate surface area is 86.8 Å². The predicted molar refractivity (Wildman–Crippen MR) is 59.3 cm³/mol. The Morgan fingerprint density at radius 2 is 2.14 bits per heavy atom. The van der Waals surface area contributed by atoms with Crippen molar-refractivity contribution in [3.05, 3.63) is 12.7 Å². The molecule has 1 N–H and O–H groups in total. The molecule has 1 aliphatic rings. The number of carbonyl (C=O) groups excluding carboxylic acids is 1. The second-order valence-corrected chi connectivity index (χ2v) is 4.41. The van der Waals surface area contributed by atoms with E-state index in [0.29, 0.717) is 5.78 Å². The summed E-state index contributed by atoms with van der Waals surface area (Å²) in [5, 5.41) is 3.29. The van der Waals surface area contributed by atoms with Gasteiger partial charge in [0.05, 0.1) is 0 Å².